The average molecular weight is 391 g/mol. The highest BCUT2D eigenvalue weighted by Crippen LogP contribution is 2.45. The summed E-state index contributed by atoms with van der Waals surface area (Å²) >= 11 is 5.05. The first-order chi connectivity index (χ1) is 12.2. The smallest absolute Gasteiger partial charge is 0.338 e. The summed E-state index contributed by atoms with van der Waals surface area (Å²) in [6.07, 6.45) is 0. The van der Waals surface area contributed by atoms with Crippen LogP contribution >= 0.6 is 34.9 Å². The third kappa shape index (κ3) is 4.57. The maximum atomic E-state index is 12.0. The zero-order valence-corrected chi connectivity index (χ0v) is 15.5. The second kappa shape index (κ2) is 8.43. The van der Waals surface area contributed by atoms with Gasteiger partial charge in [-0.2, -0.15) is 5.26 Å². The van der Waals surface area contributed by atoms with Gasteiger partial charge in [0.05, 0.1) is 15.7 Å². The molecule has 0 saturated carbocycles. The van der Waals surface area contributed by atoms with Crippen LogP contribution in [0.15, 0.2) is 35.7 Å². The largest absolute Gasteiger partial charge is 0.452 e. The zero-order valence-electron chi connectivity index (χ0n) is 13.1. The minimum atomic E-state index is -0.542. The van der Waals surface area contributed by atoms with Gasteiger partial charge in [-0.1, -0.05) is 12.1 Å². The second-order valence-electron chi connectivity index (χ2n) is 5.10. The van der Waals surface area contributed by atoms with Crippen LogP contribution in [0.3, 0.4) is 0 Å². The fourth-order valence-electron chi connectivity index (χ4n) is 2.20. The van der Waals surface area contributed by atoms with Crippen LogP contribution in [-0.2, 0) is 9.53 Å². The van der Waals surface area contributed by atoms with E-state index in [1.807, 2.05) is 41.7 Å². The molecule has 0 radical (unpaired) electrons. The molecule has 1 amide bonds. The third-order valence-electron chi connectivity index (χ3n) is 3.41. The summed E-state index contributed by atoms with van der Waals surface area (Å²) in [6.45, 7) is -0.391. The van der Waals surface area contributed by atoms with E-state index >= 15 is 0 Å². The van der Waals surface area contributed by atoms with Gasteiger partial charge in [0.2, 0.25) is 0 Å². The van der Waals surface area contributed by atoms with Crippen molar-refractivity contribution in [1.29, 1.82) is 5.26 Å². The van der Waals surface area contributed by atoms with Crippen LogP contribution in [-0.4, -0.2) is 30.0 Å². The topological polar surface area (TPSA) is 79.2 Å². The summed E-state index contributed by atoms with van der Waals surface area (Å²) in [5.74, 6) is 1.28. The molecule has 0 bridgehead atoms. The van der Waals surface area contributed by atoms with E-state index < -0.39 is 18.5 Å². The van der Waals surface area contributed by atoms with Crippen LogP contribution < -0.4 is 5.32 Å². The van der Waals surface area contributed by atoms with Crippen LogP contribution in [0, 0.1) is 11.3 Å². The lowest BCUT2D eigenvalue weighted by molar-refractivity contribution is -0.119. The van der Waals surface area contributed by atoms with Gasteiger partial charge in [0.1, 0.15) is 11.1 Å². The Morgan fingerprint density at radius 3 is 2.60 bits per heavy atom. The van der Waals surface area contributed by atoms with E-state index in [0.717, 1.165) is 11.5 Å². The van der Waals surface area contributed by atoms with Crippen molar-refractivity contribution in [1.82, 2.24) is 0 Å². The van der Waals surface area contributed by atoms with Gasteiger partial charge >= 0.3 is 5.97 Å². The molecule has 1 fully saturated rings. The quantitative estimate of drug-likeness (QED) is 0.780. The van der Waals surface area contributed by atoms with Gasteiger partial charge in [-0.25, -0.2) is 4.79 Å². The molecule has 1 aliphatic heterocycles. The Hall–Kier alpha value is -1.95. The number of esters is 1. The number of amides is 1. The van der Waals surface area contributed by atoms with Crippen molar-refractivity contribution in [3.63, 3.8) is 0 Å². The molecule has 8 heteroatoms. The van der Waals surface area contributed by atoms with Crippen LogP contribution in [0.25, 0.3) is 0 Å². The molecule has 2 aromatic rings. The Labute approximate surface area is 157 Å². The minimum absolute atomic E-state index is 0.391. The summed E-state index contributed by atoms with van der Waals surface area (Å²) in [4.78, 5) is 23.9. The molecule has 1 aromatic carbocycles. The molecule has 128 valence electrons. The number of nitrogens with zero attached hydrogens (tertiary/aromatic N) is 1. The van der Waals surface area contributed by atoms with E-state index in [9.17, 15) is 9.59 Å². The maximum absolute atomic E-state index is 12.0. The summed E-state index contributed by atoms with van der Waals surface area (Å²) in [5.41, 5.74) is 1.99. The summed E-state index contributed by atoms with van der Waals surface area (Å²) in [5, 5.41) is 13.6. The number of rotatable bonds is 5. The molecule has 1 N–H and O–H groups in total. The third-order valence-corrected chi connectivity index (χ3v) is 7.35. The molecular weight excluding hydrogens is 376 g/mol. The van der Waals surface area contributed by atoms with Crippen LogP contribution in [0.4, 0.5) is 5.00 Å². The Morgan fingerprint density at radius 1 is 1.20 bits per heavy atom. The molecule has 0 spiro atoms. The van der Waals surface area contributed by atoms with E-state index in [2.05, 4.69) is 5.32 Å². The van der Waals surface area contributed by atoms with E-state index in [4.69, 9.17) is 10.00 Å². The van der Waals surface area contributed by atoms with Crippen molar-refractivity contribution >= 4 is 51.7 Å². The van der Waals surface area contributed by atoms with Crippen molar-refractivity contribution < 1.29 is 14.3 Å². The average Bonchev–Trinajstić information content (AvgIpc) is 3.31. The monoisotopic (exact) mass is 390 g/mol. The van der Waals surface area contributed by atoms with Gasteiger partial charge < -0.3 is 10.1 Å². The molecule has 3 rings (SSSR count). The molecule has 25 heavy (non-hydrogen) atoms. The first-order valence-corrected chi connectivity index (χ1v) is 10.4. The highest BCUT2D eigenvalue weighted by atomic mass is 32.2. The number of thioether (sulfide) groups is 2. The molecular formula is C17H14N2O3S3. The lowest BCUT2D eigenvalue weighted by atomic mass is 10.1. The van der Waals surface area contributed by atoms with Gasteiger partial charge in [0, 0.05) is 11.5 Å². The van der Waals surface area contributed by atoms with E-state index in [-0.39, 0.29) is 0 Å². The molecule has 1 aliphatic rings. The summed E-state index contributed by atoms with van der Waals surface area (Å²) < 4.78 is 5.46. The van der Waals surface area contributed by atoms with E-state index in [0.29, 0.717) is 20.7 Å². The van der Waals surface area contributed by atoms with Gasteiger partial charge in [-0.3, -0.25) is 4.79 Å². The molecule has 0 atom stereocenters. The maximum Gasteiger partial charge on any atom is 0.338 e. The Kier molecular flexibility index (Phi) is 6.02. The number of carbonyl (C=O) groups excluding carboxylic acids is 2. The minimum Gasteiger partial charge on any atom is -0.452 e. The number of carbonyl (C=O) groups is 2. The summed E-state index contributed by atoms with van der Waals surface area (Å²) in [7, 11) is 0. The number of nitriles is 1. The standard InChI is InChI=1S/C17H14N2O3S3/c18-9-13-5-6-23-15(13)19-14(20)10-22-16(21)11-1-3-12(4-2-11)17-24-7-8-25-17/h1-6,17H,7-8,10H2,(H,19,20). The van der Waals surface area contributed by atoms with Gasteiger partial charge in [0.15, 0.2) is 6.61 Å². The molecule has 2 heterocycles. The lowest BCUT2D eigenvalue weighted by Crippen LogP contribution is -2.20. The van der Waals surface area contributed by atoms with Crippen molar-refractivity contribution in [2.75, 3.05) is 23.4 Å². The Morgan fingerprint density at radius 2 is 1.92 bits per heavy atom. The first-order valence-electron chi connectivity index (χ1n) is 7.45. The van der Waals surface area contributed by atoms with Crippen molar-refractivity contribution in [3.8, 4) is 6.07 Å². The Bertz CT molecular complexity index is 805. The predicted octanol–water partition coefficient (Wildman–Crippen LogP) is 3.89. The number of anilines is 1. The molecule has 1 saturated heterocycles. The second-order valence-corrected chi connectivity index (χ2v) is 8.74. The first kappa shape index (κ1) is 17.9. The predicted molar refractivity (Wildman–Crippen MR) is 102 cm³/mol. The zero-order chi connectivity index (χ0) is 17.6. The fraction of sp³-hybridized carbons (Fsp3) is 0.235. The van der Waals surface area contributed by atoms with Crippen LogP contribution in [0.2, 0.25) is 0 Å². The summed E-state index contributed by atoms with van der Waals surface area (Å²) in [6, 6.07) is 10.9. The van der Waals surface area contributed by atoms with Crippen molar-refractivity contribution in [3.05, 3.63) is 52.4 Å². The number of hydrogen-bond acceptors (Lipinski definition) is 7. The highest BCUT2D eigenvalue weighted by molar-refractivity contribution is 8.19. The molecule has 0 aliphatic carbocycles. The van der Waals surface area contributed by atoms with Crippen molar-refractivity contribution in [2.45, 2.75) is 4.58 Å². The number of hydrogen-bond donors (Lipinski definition) is 1. The SMILES string of the molecule is N#Cc1ccsc1NC(=O)COC(=O)c1ccc(C2SCCS2)cc1. The van der Waals surface area contributed by atoms with Crippen LogP contribution in [0.1, 0.15) is 26.1 Å². The van der Waals surface area contributed by atoms with Gasteiger partial charge in [0.25, 0.3) is 5.91 Å². The van der Waals surface area contributed by atoms with Crippen LogP contribution in [0.5, 0.6) is 0 Å². The highest BCUT2D eigenvalue weighted by Gasteiger charge is 2.19. The lowest BCUT2D eigenvalue weighted by Gasteiger charge is -2.09. The number of thiophene rings is 1. The van der Waals surface area contributed by atoms with E-state index in [1.165, 1.54) is 16.9 Å². The number of benzene rings is 1. The molecule has 5 nitrogen and oxygen atoms in total. The normalized spacial score (nSPS) is 14.0. The molecule has 0 unspecified atom stereocenters. The van der Waals surface area contributed by atoms with E-state index in [1.54, 1.807) is 23.6 Å². The molecule has 1 aromatic heterocycles. The van der Waals surface area contributed by atoms with Gasteiger partial charge in [-0.15, -0.1) is 34.9 Å². The number of ether oxygens (including phenoxy) is 1. The Balaban J connectivity index is 1.52. The fourth-order valence-corrected chi connectivity index (χ4v) is 5.81. The van der Waals surface area contributed by atoms with Gasteiger partial charge in [-0.05, 0) is 29.1 Å². The number of nitrogens with one attached hydrogen (secondary N) is 1. The van der Waals surface area contributed by atoms with Crippen molar-refractivity contribution in [2.24, 2.45) is 0 Å².